The normalized spacial score (nSPS) is 26.5. The van der Waals surface area contributed by atoms with E-state index in [1.54, 1.807) is 0 Å². The molecule has 0 radical (unpaired) electrons. The lowest BCUT2D eigenvalue weighted by molar-refractivity contribution is 0.187. The third-order valence-corrected chi connectivity index (χ3v) is 5.62. The molecule has 2 saturated heterocycles. The Balaban J connectivity index is 1.54. The Hall–Kier alpha value is -1.91. The maximum atomic E-state index is 9.28. The lowest BCUT2D eigenvalue weighted by Gasteiger charge is -2.31. The summed E-state index contributed by atoms with van der Waals surface area (Å²) >= 11 is 0. The van der Waals surface area contributed by atoms with Crippen LogP contribution in [-0.4, -0.2) is 54.2 Å². The summed E-state index contributed by atoms with van der Waals surface area (Å²) in [7, 11) is 2.15. The summed E-state index contributed by atoms with van der Waals surface area (Å²) < 4.78 is 5.99. The second-order valence-corrected chi connectivity index (χ2v) is 7.36. The van der Waals surface area contributed by atoms with Gasteiger partial charge < -0.3 is 19.9 Å². The Morgan fingerprint density at radius 1 is 1.24 bits per heavy atom. The van der Waals surface area contributed by atoms with Crippen molar-refractivity contribution < 1.29 is 4.74 Å². The number of nitrogens with zero attached hydrogens (tertiary/aromatic N) is 5. The van der Waals surface area contributed by atoms with Crippen molar-refractivity contribution in [2.75, 3.05) is 38.2 Å². The number of anilines is 1. The lowest BCUT2D eigenvalue weighted by Crippen LogP contribution is -2.36. The van der Waals surface area contributed by atoms with Crippen molar-refractivity contribution in [3.8, 4) is 12.1 Å². The summed E-state index contributed by atoms with van der Waals surface area (Å²) in [4.78, 5) is 14.0. The molecule has 0 aliphatic carbocycles. The first-order valence-corrected chi connectivity index (χ1v) is 9.32. The average molecular weight is 342 g/mol. The van der Waals surface area contributed by atoms with Gasteiger partial charge in [-0.3, -0.25) is 0 Å². The highest BCUT2D eigenvalue weighted by molar-refractivity contribution is 5.52. The highest BCUT2D eigenvalue weighted by atomic mass is 16.5. The van der Waals surface area contributed by atoms with Crippen molar-refractivity contribution in [1.82, 2.24) is 20.2 Å². The van der Waals surface area contributed by atoms with E-state index in [1.165, 1.54) is 18.4 Å². The van der Waals surface area contributed by atoms with Crippen LogP contribution in [0.2, 0.25) is 0 Å². The fraction of sp³-hybridized carbons (Fsp3) is 0.722. The third-order valence-electron chi connectivity index (χ3n) is 5.62. The molecule has 0 unspecified atom stereocenters. The molecule has 0 bridgehead atoms. The molecule has 0 aromatic carbocycles. The molecule has 4 heterocycles. The van der Waals surface area contributed by atoms with Crippen molar-refractivity contribution in [3.05, 3.63) is 11.3 Å². The number of hydrogen-bond donors (Lipinski definition) is 1. The molecule has 134 valence electrons. The summed E-state index contributed by atoms with van der Waals surface area (Å²) in [6, 6.07) is 3.35. The summed E-state index contributed by atoms with van der Waals surface area (Å²) in [6.07, 6.45) is 4.42. The van der Waals surface area contributed by atoms with Crippen LogP contribution in [0.3, 0.4) is 0 Å². The van der Waals surface area contributed by atoms with Crippen LogP contribution in [0.4, 0.5) is 5.82 Å². The van der Waals surface area contributed by atoms with Gasteiger partial charge in [0, 0.05) is 37.8 Å². The molecule has 1 aromatic heterocycles. The van der Waals surface area contributed by atoms with Crippen LogP contribution in [0.15, 0.2) is 0 Å². The number of nitriles is 1. The van der Waals surface area contributed by atoms with Gasteiger partial charge >= 0.3 is 6.01 Å². The fourth-order valence-electron chi connectivity index (χ4n) is 4.09. The first-order valence-electron chi connectivity index (χ1n) is 9.32. The van der Waals surface area contributed by atoms with Gasteiger partial charge in [-0.25, -0.2) is 0 Å². The number of likely N-dealkylation sites (N-methyl/N-ethyl adjacent to an activating group) is 1. The van der Waals surface area contributed by atoms with Gasteiger partial charge in [-0.2, -0.15) is 15.2 Å². The molecule has 0 amide bonds. The van der Waals surface area contributed by atoms with E-state index in [2.05, 4.69) is 33.2 Å². The monoisotopic (exact) mass is 342 g/mol. The van der Waals surface area contributed by atoms with Crippen molar-refractivity contribution in [2.24, 2.45) is 5.92 Å². The number of fused-ring (bicyclic) bond motifs is 1. The van der Waals surface area contributed by atoms with Crippen LogP contribution in [0.5, 0.6) is 6.01 Å². The molecule has 7 nitrogen and oxygen atoms in total. The van der Waals surface area contributed by atoms with Crippen LogP contribution in [-0.2, 0) is 13.1 Å². The van der Waals surface area contributed by atoms with Gasteiger partial charge in [0.2, 0.25) is 0 Å². The minimum Gasteiger partial charge on any atom is -0.462 e. The number of hydrogen-bond acceptors (Lipinski definition) is 7. The maximum Gasteiger partial charge on any atom is 0.318 e. The molecule has 0 spiro atoms. The first-order chi connectivity index (χ1) is 12.2. The smallest absolute Gasteiger partial charge is 0.318 e. The Kier molecular flexibility index (Phi) is 4.73. The largest absolute Gasteiger partial charge is 0.462 e. The van der Waals surface area contributed by atoms with Crippen molar-refractivity contribution in [1.29, 1.82) is 5.26 Å². The molecule has 2 atom stereocenters. The summed E-state index contributed by atoms with van der Waals surface area (Å²) in [6.45, 7) is 5.04. The van der Waals surface area contributed by atoms with Crippen LogP contribution in [0, 0.1) is 17.2 Å². The predicted molar refractivity (Wildman–Crippen MR) is 94.3 cm³/mol. The Morgan fingerprint density at radius 2 is 2.12 bits per heavy atom. The van der Waals surface area contributed by atoms with E-state index in [0.29, 0.717) is 18.7 Å². The highest BCUT2D eigenvalue weighted by Gasteiger charge is 2.28. The summed E-state index contributed by atoms with van der Waals surface area (Å²) in [5.74, 6) is 1.05. The van der Waals surface area contributed by atoms with Crippen molar-refractivity contribution in [2.45, 2.75) is 44.8 Å². The van der Waals surface area contributed by atoms with E-state index in [9.17, 15) is 5.26 Å². The molecular weight excluding hydrogens is 316 g/mol. The maximum absolute atomic E-state index is 9.28. The zero-order valence-corrected chi connectivity index (χ0v) is 14.9. The van der Waals surface area contributed by atoms with E-state index in [0.717, 1.165) is 57.1 Å². The number of ether oxygens (including phenoxy) is 1. The quantitative estimate of drug-likeness (QED) is 0.883. The van der Waals surface area contributed by atoms with Gasteiger partial charge in [0.1, 0.15) is 12.4 Å². The van der Waals surface area contributed by atoms with Gasteiger partial charge in [-0.15, -0.1) is 0 Å². The van der Waals surface area contributed by atoms with E-state index in [-0.39, 0.29) is 5.92 Å². The molecular formula is C18H26N6O. The highest BCUT2D eigenvalue weighted by Crippen LogP contribution is 2.30. The van der Waals surface area contributed by atoms with Gasteiger partial charge in [0.05, 0.1) is 17.7 Å². The van der Waals surface area contributed by atoms with E-state index in [1.807, 2.05) is 0 Å². The molecule has 4 rings (SSSR count). The first kappa shape index (κ1) is 16.6. The van der Waals surface area contributed by atoms with E-state index in [4.69, 9.17) is 9.72 Å². The minimum absolute atomic E-state index is 0.0882. The second-order valence-electron chi connectivity index (χ2n) is 7.36. The topological polar surface area (TPSA) is 77.3 Å². The number of nitrogens with one attached hydrogen (secondary N) is 1. The van der Waals surface area contributed by atoms with E-state index >= 15 is 0 Å². The van der Waals surface area contributed by atoms with Crippen LogP contribution in [0.1, 0.15) is 36.9 Å². The number of aromatic nitrogens is 2. The predicted octanol–water partition coefficient (Wildman–Crippen LogP) is 1.29. The van der Waals surface area contributed by atoms with Gasteiger partial charge in [-0.05, 0) is 39.3 Å². The van der Waals surface area contributed by atoms with Crippen LogP contribution in [0.25, 0.3) is 0 Å². The molecule has 1 aromatic rings. The summed E-state index contributed by atoms with van der Waals surface area (Å²) in [5.41, 5.74) is 2.21. The molecule has 1 N–H and O–H groups in total. The second kappa shape index (κ2) is 7.14. The molecule has 7 heteroatoms. The number of piperidine rings is 1. The SMILES string of the molecule is CN1CCC[C@H]1COc1nc2c(c(N3CCC[C@@H](C#N)C3)n1)CNC2. The molecule has 3 aliphatic rings. The third kappa shape index (κ3) is 3.42. The molecule has 25 heavy (non-hydrogen) atoms. The lowest BCUT2D eigenvalue weighted by atomic mass is 9.99. The van der Waals surface area contributed by atoms with E-state index < -0.39 is 0 Å². The standard InChI is InChI=1S/C18H26N6O/c1-23-6-3-5-14(23)12-25-18-21-16-10-20-9-15(16)17(22-18)24-7-2-4-13(8-19)11-24/h13-14,20H,2-7,9-12H2,1H3/t13-,14-/m0/s1. The molecule has 3 aliphatic heterocycles. The zero-order chi connectivity index (χ0) is 17.2. The Labute approximate surface area is 149 Å². The molecule has 0 saturated carbocycles. The van der Waals surface area contributed by atoms with Crippen LogP contribution >= 0.6 is 0 Å². The zero-order valence-electron chi connectivity index (χ0n) is 14.9. The van der Waals surface area contributed by atoms with Crippen LogP contribution < -0.4 is 15.0 Å². The summed E-state index contributed by atoms with van der Waals surface area (Å²) in [5, 5.41) is 12.6. The Morgan fingerprint density at radius 3 is 2.92 bits per heavy atom. The van der Waals surface area contributed by atoms with Gasteiger partial charge in [-0.1, -0.05) is 0 Å². The van der Waals surface area contributed by atoms with Gasteiger partial charge in [0.15, 0.2) is 0 Å². The Bertz CT molecular complexity index is 672. The number of likely N-dealkylation sites (tertiary alicyclic amines) is 1. The minimum atomic E-state index is 0.0882. The van der Waals surface area contributed by atoms with Gasteiger partial charge in [0.25, 0.3) is 0 Å². The number of rotatable bonds is 4. The van der Waals surface area contributed by atoms with Crippen molar-refractivity contribution >= 4 is 5.82 Å². The molecule has 2 fully saturated rings. The van der Waals surface area contributed by atoms with Crippen molar-refractivity contribution in [3.63, 3.8) is 0 Å². The fourth-order valence-corrected chi connectivity index (χ4v) is 4.09. The average Bonchev–Trinajstić information content (AvgIpc) is 3.28.